The number of alkyl carbamates (subject to hydrolysis) is 1. The van der Waals surface area contributed by atoms with Gasteiger partial charge in [-0.05, 0) is 53.4 Å². The number of carbonyl (C=O) groups excluding carboxylic acids is 1. The van der Waals surface area contributed by atoms with Crippen molar-refractivity contribution in [2.45, 2.75) is 71.6 Å². The molecule has 2 rings (SSSR count). The van der Waals surface area contributed by atoms with Crippen LogP contribution < -0.4 is 10.6 Å². The Labute approximate surface area is 139 Å². The summed E-state index contributed by atoms with van der Waals surface area (Å²) in [6.45, 7) is 10.5. The van der Waals surface area contributed by atoms with Crippen LogP contribution in [0.2, 0.25) is 0 Å². The van der Waals surface area contributed by atoms with Gasteiger partial charge >= 0.3 is 6.09 Å². The summed E-state index contributed by atoms with van der Waals surface area (Å²) in [7, 11) is 0. The van der Waals surface area contributed by atoms with E-state index in [4.69, 9.17) is 4.74 Å². The maximum absolute atomic E-state index is 11.8. The van der Waals surface area contributed by atoms with Gasteiger partial charge in [-0.3, -0.25) is 4.68 Å². The summed E-state index contributed by atoms with van der Waals surface area (Å²) >= 11 is 0. The Balaban J connectivity index is 1.84. The molecule has 0 saturated heterocycles. The highest BCUT2D eigenvalue weighted by Crippen LogP contribution is 2.28. The molecule has 1 aliphatic carbocycles. The monoisotopic (exact) mass is 322 g/mol. The number of hydrogen-bond donors (Lipinski definition) is 2. The molecule has 6 heteroatoms. The topological polar surface area (TPSA) is 68.2 Å². The highest BCUT2D eigenvalue weighted by Gasteiger charge is 2.28. The molecule has 1 heterocycles. The Morgan fingerprint density at radius 1 is 1.43 bits per heavy atom. The van der Waals surface area contributed by atoms with Crippen LogP contribution in [-0.4, -0.2) is 34.1 Å². The predicted molar refractivity (Wildman–Crippen MR) is 91.6 cm³/mol. The van der Waals surface area contributed by atoms with Crippen LogP contribution >= 0.6 is 0 Å². The number of nitrogens with zero attached hydrogens (tertiary/aromatic N) is 2. The summed E-state index contributed by atoms with van der Waals surface area (Å²) in [4.78, 5) is 11.8. The molecule has 6 nitrogen and oxygen atoms in total. The molecule has 2 unspecified atom stereocenters. The minimum atomic E-state index is -0.456. The van der Waals surface area contributed by atoms with Gasteiger partial charge in [-0.1, -0.05) is 6.42 Å². The van der Waals surface area contributed by atoms with Crippen LogP contribution in [0.5, 0.6) is 0 Å². The molecule has 1 fully saturated rings. The van der Waals surface area contributed by atoms with E-state index < -0.39 is 5.60 Å². The lowest BCUT2D eigenvalue weighted by molar-refractivity contribution is 0.0519. The molecule has 1 saturated carbocycles. The zero-order chi connectivity index (χ0) is 17.0. The van der Waals surface area contributed by atoms with Gasteiger partial charge in [0.05, 0.1) is 11.9 Å². The van der Waals surface area contributed by atoms with Crippen molar-refractivity contribution in [3.05, 3.63) is 12.4 Å². The largest absolute Gasteiger partial charge is 0.444 e. The van der Waals surface area contributed by atoms with Crippen molar-refractivity contribution in [1.29, 1.82) is 0 Å². The predicted octanol–water partition coefficient (Wildman–Crippen LogP) is 3.57. The van der Waals surface area contributed by atoms with E-state index in [9.17, 15) is 4.79 Å². The van der Waals surface area contributed by atoms with E-state index in [-0.39, 0.29) is 6.09 Å². The second-order valence-electron chi connectivity index (χ2n) is 7.63. The maximum atomic E-state index is 11.8. The van der Waals surface area contributed by atoms with Gasteiger partial charge < -0.3 is 15.4 Å². The third kappa shape index (κ3) is 5.44. The molecule has 130 valence electrons. The Kier molecular flexibility index (Phi) is 5.55. The van der Waals surface area contributed by atoms with Crippen LogP contribution in [-0.2, 0) is 4.74 Å². The van der Waals surface area contributed by atoms with Crippen LogP contribution in [0.4, 0.5) is 10.5 Å². The molecule has 0 aromatic carbocycles. The summed E-state index contributed by atoms with van der Waals surface area (Å²) in [6.07, 6.45) is 6.99. The summed E-state index contributed by atoms with van der Waals surface area (Å²) in [6, 6.07) is 0.730. The molecule has 1 aliphatic rings. The molecule has 0 aliphatic heterocycles. The molecule has 0 spiro atoms. The number of nitrogens with one attached hydrogen (secondary N) is 2. The average molecular weight is 322 g/mol. The summed E-state index contributed by atoms with van der Waals surface area (Å²) in [5.74, 6) is 0.421. The molecule has 2 atom stereocenters. The van der Waals surface area contributed by atoms with Crippen LogP contribution in [0, 0.1) is 5.92 Å². The standard InChI is InChI=1S/C17H30N4O2/c1-12(2)21-11-14(10-19-21)20-15-8-6-7-13(15)9-18-16(22)23-17(3,4)5/h10-13,15,20H,6-9H2,1-5H3,(H,18,22). The zero-order valence-corrected chi connectivity index (χ0v) is 14.9. The van der Waals surface area contributed by atoms with E-state index in [2.05, 4.69) is 29.6 Å². The van der Waals surface area contributed by atoms with Gasteiger partial charge in [0.25, 0.3) is 0 Å². The first-order valence-corrected chi connectivity index (χ1v) is 8.52. The van der Waals surface area contributed by atoms with Crippen molar-refractivity contribution in [2.24, 2.45) is 5.92 Å². The lowest BCUT2D eigenvalue weighted by atomic mass is 10.0. The Hall–Kier alpha value is -1.72. The SMILES string of the molecule is CC(C)n1cc(NC2CCCC2CNC(=O)OC(C)(C)C)cn1. The number of ether oxygens (including phenoxy) is 1. The summed E-state index contributed by atoms with van der Waals surface area (Å²) < 4.78 is 7.25. The Morgan fingerprint density at radius 2 is 2.17 bits per heavy atom. The van der Waals surface area contributed by atoms with E-state index in [1.165, 1.54) is 6.42 Å². The molecule has 1 aromatic rings. The molecule has 1 amide bonds. The minimum Gasteiger partial charge on any atom is -0.444 e. The van der Waals surface area contributed by atoms with Crippen molar-refractivity contribution >= 4 is 11.8 Å². The number of anilines is 1. The lowest BCUT2D eigenvalue weighted by Gasteiger charge is -2.23. The van der Waals surface area contributed by atoms with Crippen molar-refractivity contribution in [3.8, 4) is 0 Å². The van der Waals surface area contributed by atoms with Crippen LogP contribution in [0.1, 0.15) is 59.9 Å². The molecule has 0 bridgehead atoms. The first kappa shape index (κ1) is 17.6. The Bertz CT molecular complexity index is 519. The van der Waals surface area contributed by atoms with E-state index >= 15 is 0 Å². The number of amides is 1. The van der Waals surface area contributed by atoms with Gasteiger partial charge in [-0.25, -0.2) is 4.79 Å². The van der Waals surface area contributed by atoms with Crippen molar-refractivity contribution in [2.75, 3.05) is 11.9 Å². The molecular formula is C17H30N4O2. The molecule has 2 N–H and O–H groups in total. The number of aromatic nitrogens is 2. The summed E-state index contributed by atoms with van der Waals surface area (Å²) in [5.41, 5.74) is 0.593. The fourth-order valence-electron chi connectivity index (χ4n) is 2.91. The first-order chi connectivity index (χ1) is 10.7. The van der Waals surface area contributed by atoms with E-state index in [1.54, 1.807) is 0 Å². The maximum Gasteiger partial charge on any atom is 0.407 e. The second-order valence-corrected chi connectivity index (χ2v) is 7.63. The highest BCUT2D eigenvalue weighted by atomic mass is 16.6. The van der Waals surface area contributed by atoms with Crippen molar-refractivity contribution < 1.29 is 9.53 Å². The van der Waals surface area contributed by atoms with E-state index in [0.29, 0.717) is 24.5 Å². The fourth-order valence-corrected chi connectivity index (χ4v) is 2.91. The molecule has 0 radical (unpaired) electrons. The smallest absolute Gasteiger partial charge is 0.407 e. The van der Waals surface area contributed by atoms with E-state index in [0.717, 1.165) is 18.5 Å². The van der Waals surface area contributed by atoms with Crippen molar-refractivity contribution in [1.82, 2.24) is 15.1 Å². The minimum absolute atomic E-state index is 0.337. The van der Waals surface area contributed by atoms with Crippen molar-refractivity contribution in [3.63, 3.8) is 0 Å². The van der Waals surface area contributed by atoms with E-state index in [1.807, 2.05) is 37.8 Å². The Morgan fingerprint density at radius 3 is 2.78 bits per heavy atom. The van der Waals surface area contributed by atoms with Gasteiger partial charge in [0.2, 0.25) is 0 Å². The quantitative estimate of drug-likeness (QED) is 0.869. The number of carbonyl (C=O) groups is 1. The average Bonchev–Trinajstić information content (AvgIpc) is 3.04. The second kappa shape index (κ2) is 7.23. The van der Waals surface area contributed by atoms with Gasteiger partial charge in [-0.15, -0.1) is 0 Å². The van der Waals surface area contributed by atoms with Gasteiger partial charge in [-0.2, -0.15) is 5.10 Å². The van der Waals surface area contributed by atoms with Crippen LogP contribution in [0.15, 0.2) is 12.4 Å². The normalized spacial score (nSPS) is 21.5. The first-order valence-electron chi connectivity index (χ1n) is 8.52. The van der Waals surface area contributed by atoms with Crippen LogP contribution in [0.25, 0.3) is 0 Å². The fraction of sp³-hybridized carbons (Fsp3) is 0.765. The molecule has 23 heavy (non-hydrogen) atoms. The molecular weight excluding hydrogens is 292 g/mol. The number of hydrogen-bond acceptors (Lipinski definition) is 4. The zero-order valence-electron chi connectivity index (χ0n) is 14.9. The third-order valence-electron chi connectivity index (χ3n) is 4.05. The van der Waals surface area contributed by atoms with Gasteiger partial charge in [0.15, 0.2) is 0 Å². The van der Waals surface area contributed by atoms with Gasteiger partial charge in [0.1, 0.15) is 5.60 Å². The highest BCUT2D eigenvalue weighted by molar-refractivity contribution is 5.67. The van der Waals surface area contributed by atoms with Crippen LogP contribution in [0.3, 0.4) is 0 Å². The third-order valence-corrected chi connectivity index (χ3v) is 4.05. The molecule has 1 aromatic heterocycles. The lowest BCUT2D eigenvalue weighted by Crippen LogP contribution is -2.38. The number of rotatable bonds is 5. The van der Waals surface area contributed by atoms with Gasteiger partial charge in [0, 0.05) is 24.8 Å². The summed E-state index contributed by atoms with van der Waals surface area (Å²) in [5, 5.41) is 10.8.